The van der Waals surface area contributed by atoms with Gasteiger partial charge in [0.15, 0.2) is 0 Å². The molecule has 1 amide bonds. The molecule has 1 aromatic heterocycles. The number of aliphatic hydroxyl groups excluding tert-OH is 1. The average Bonchev–Trinajstić information content (AvgIpc) is 3.83. The number of aromatic nitrogens is 1. The summed E-state index contributed by atoms with van der Waals surface area (Å²) in [7, 11) is 2.92. The number of β-amino-alcohol motifs (C(OH)–C–C–N with tert-alkyl or cyclic N) is 1. The molecule has 2 aromatic carbocycles. The van der Waals surface area contributed by atoms with Crippen molar-refractivity contribution >= 4 is 29.6 Å². The highest BCUT2D eigenvalue weighted by Gasteiger charge is 2.36. The van der Waals surface area contributed by atoms with Gasteiger partial charge in [0.2, 0.25) is 0 Å². The lowest BCUT2D eigenvalue weighted by molar-refractivity contribution is -0.141. The molecule has 3 atom stereocenters. The molecule has 1 unspecified atom stereocenters. The van der Waals surface area contributed by atoms with Crippen molar-refractivity contribution in [3.63, 3.8) is 0 Å². The summed E-state index contributed by atoms with van der Waals surface area (Å²) in [4.78, 5) is 31.4. The van der Waals surface area contributed by atoms with Crippen molar-refractivity contribution in [3.05, 3.63) is 105 Å². The van der Waals surface area contributed by atoms with Gasteiger partial charge in [-0.05, 0) is 103 Å². The summed E-state index contributed by atoms with van der Waals surface area (Å²) >= 11 is 0. The minimum atomic E-state index is -4.68. The van der Waals surface area contributed by atoms with Crippen LogP contribution in [0.15, 0.2) is 59.9 Å². The van der Waals surface area contributed by atoms with E-state index < -0.39 is 29.5 Å². The van der Waals surface area contributed by atoms with E-state index in [2.05, 4.69) is 21.3 Å². The summed E-state index contributed by atoms with van der Waals surface area (Å²) in [5, 5.41) is 32.6. The number of carboxylic acid groups (broad SMARTS) is 1. The van der Waals surface area contributed by atoms with Crippen molar-refractivity contribution < 1.29 is 42.4 Å². The zero-order valence-corrected chi connectivity index (χ0v) is 31.6. The van der Waals surface area contributed by atoms with E-state index in [1.54, 1.807) is 30.5 Å². The number of aliphatic carboxylic acids is 1. The van der Waals surface area contributed by atoms with Gasteiger partial charge in [-0.1, -0.05) is 36.4 Å². The summed E-state index contributed by atoms with van der Waals surface area (Å²) in [5.41, 5.74) is 3.80. The van der Waals surface area contributed by atoms with Crippen LogP contribution in [0.2, 0.25) is 0 Å². The Balaban J connectivity index is 1.24. The molecule has 0 spiro atoms. The molecule has 2 heterocycles. The van der Waals surface area contributed by atoms with Gasteiger partial charge in [-0.25, -0.2) is 0 Å². The van der Waals surface area contributed by atoms with Crippen LogP contribution in [-0.2, 0) is 23.9 Å². The highest BCUT2D eigenvalue weighted by Crippen LogP contribution is 2.41. The molecule has 3 N–H and O–H groups in total. The minimum Gasteiger partial charge on any atom is -0.496 e. The number of nitrogens with zero attached hydrogens (tertiary/aromatic N) is 3. The van der Waals surface area contributed by atoms with Gasteiger partial charge in [-0.3, -0.25) is 19.5 Å². The van der Waals surface area contributed by atoms with Crippen molar-refractivity contribution in [1.29, 1.82) is 5.26 Å². The van der Waals surface area contributed by atoms with Gasteiger partial charge in [0.1, 0.15) is 23.3 Å². The molecule has 1 aliphatic heterocycles. The van der Waals surface area contributed by atoms with E-state index in [1.807, 2.05) is 13.0 Å². The number of allylic oxidation sites excluding steroid dienone is 3. The predicted molar refractivity (Wildman–Crippen MR) is 204 cm³/mol. The zero-order valence-electron chi connectivity index (χ0n) is 31.6. The van der Waals surface area contributed by atoms with Crippen LogP contribution < -0.4 is 14.8 Å². The monoisotopic (exact) mass is 770 g/mol. The molecule has 0 radical (unpaired) electrons. The van der Waals surface area contributed by atoms with Crippen molar-refractivity contribution in [1.82, 2.24) is 15.2 Å². The third kappa shape index (κ3) is 8.98. The van der Waals surface area contributed by atoms with E-state index in [4.69, 9.17) is 9.47 Å². The normalized spacial score (nSPS) is 20.2. The molecular formula is C43H45F3N4O6. The Hall–Kier alpha value is -5.45. The van der Waals surface area contributed by atoms with Crippen LogP contribution in [0, 0.1) is 23.2 Å². The maximum absolute atomic E-state index is 14.5. The molecule has 2 aliphatic carbocycles. The number of pyridine rings is 1. The van der Waals surface area contributed by atoms with Crippen LogP contribution in [0.3, 0.4) is 0 Å². The number of likely N-dealkylation sites (tertiary alicyclic amines) is 1. The summed E-state index contributed by atoms with van der Waals surface area (Å²) in [5.74, 6) is -1.10. The second-order valence-corrected chi connectivity index (χ2v) is 14.7. The van der Waals surface area contributed by atoms with E-state index in [-0.39, 0.29) is 41.0 Å². The summed E-state index contributed by atoms with van der Waals surface area (Å²) in [6.07, 6.45) is 4.92. The van der Waals surface area contributed by atoms with Crippen LogP contribution >= 0.6 is 0 Å². The lowest BCUT2D eigenvalue weighted by Crippen LogP contribution is -2.26. The molecular weight excluding hydrogens is 725 g/mol. The van der Waals surface area contributed by atoms with Crippen molar-refractivity contribution in [2.24, 2.45) is 11.8 Å². The smallest absolute Gasteiger partial charge is 0.417 e. The Labute approximate surface area is 324 Å². The first-order chi connectivity index (χ1) is 26.8. The molecule has 1 saturated carbocycles. The molecule has 56 heavy (non-hydrogen) atoms. The summed E-state index contributed by atoms with van der Waals surface area (Å²) in [6, 6.07) is 11.5. The molecule has 6 rings (SSSR count). The van der Waals surface area contributed by atoms with Crippen molar-refractivity contribution in [3.8, 4) is 17.6 Å². The fraction of sp³-hybridized carbons (Fsp3) is 0.395. The first-order valence-corrected chi connectivity index (χ1v) is 18.7. The van der Waals surface area contributed by atoms with Crippen LogP contribution in [0.5, 0.6) is 11.5 Å². The van der Waals surface area contributed by atoms with E-state index in [1.165, 1.54) is 32.4 Å². The van der Waals surface area contributed by atoms with E-state index in [0.29, 0.717) is 79.8 Å². The number of methoxy groups -OCH3 is 2. The number of nitriles is 1. The molecule has 294 valence electrons. The number of rotatable bonds is 12. The average molecular weight is 771 g/mol. The van der Waals surface area contributed by atoms with E-state index in [0.717, 1.165) is 29.3 Å². The predicted octanol–water partition coefficient (Wildman–Crippen LogP) is 7.65. The van der Waals surface area contributed by atoms with Gasteiger partial charge in [0, 0.05) is 43.2 Å². The third-order valence-electron chi connectivity index (χ3n) is 11.0. The van der Waals surface area contributed by atoms with Crippen LogP contribution in [0.25, 0.3) is 17.7 Å². The second kappa shape index (κ2) is 17.1. The summed E-state index contributed by atoms with van der Waals surface area (Å²) < 4.78 is 54.5. The fourth-order valence-corrected chi connectivity index (χ4v) is 8.06. The number of halogens is 3. The lowest BCUT2D eigenvalue weighted by atomic mass is 9.86. The molecule has 3 aromatic rings. The number of aliphatic hydroxyl groups is 1. The largest absolute Gasteiger partial charge is 0.496 e. The number of nitrogens with one attached hydrogen (secondary N) is 1. The van der Waals surface area contributed by atoms with Crippen LogP contribution in [0.1, 0.15) is 94.9 Å². The Morgan fingerprint density at radius 1 is 1.07 bits per heavy atom. The first-order valence-electron chi connectivity index (χ1n) is 18.7. The molecule has 3 aliphatic rings. The fourth-order valence-electron chi connectivity index (χ4n) is 8.06. The zero-order chi connectivity index (χ0) is 40.1. The molecule has 13 heteroatoms. The number of amides is 1. The molecule has 10 nitrogen and oxygen atoms in total. The molecule has 1 saturated heterocycles. The molecule has 0 bridgehead atoms. The van der Waals surface area contributed by atoms with Gasteiger partial charge >= 0.3 is 12.1 Å². The van der Waals surface area contributed by atoms with E-state index >= 15 is 0 Å². The van der Waals surface area contributed by atoms with Crippen LogP contribution in [-0.4, -0.2) is 65.4 Å². The number of carbonyl (C=O) groups excluding carboxylic acids is 1. The maximum atomic E-state index is 14.5. The Kier molecular flexibility index (Phi) is 12.3. The van der Waals surface area contributed by atoms with Crippen molar-refractivity contribution in [2.75, 3.05) is 27.3 Å². The highest BCUT2D eigenvalue weighted by molar-refractivity contribution is 5.95. The van der Waals surface area contributed by atoms with Gasteiger partial charge in [-0.15, -0.1) is 0 Å². The SMILES string of the molecule is COc1cc(/C=C/c2cccc(C3=C(C)C(NC(=O)c4cc(OC)c(CN5CC[C@@H](O)C5)cn4)=CCC3)c2C#N)c(C(F)(F)F)cc1CC1CC[C@@H](C(=O)O)C1. The van der Waals surface area contributed by atoms with Gasteiger partial charge < -0.3 is 25.0 Å². The van der Waals surface area contributed by atoms with Gasteiger partial charge in [0.05, 0.1) is 37.4 Å². The number of alkyl halides is 3. The topological polar surface area (TPSA) is 145 Å². The minimum absolute atomic E-state index is 0.0666. The second-order valence-electron chi connectivity index (χ2n) is 14.7. The standard InChI is InChI=1S/C43H45F3N4O6/c1-25-33(7-5-9-37(25)49-41(52)38-20-40(56-3)31(22-48-38)23-50-15-14-32(51)24-50)34-8-4-6-27(35(34)21-47)12-13-28-19-39(55-2)30(18-36(28)43(44,45)46)17-26-10-11-29(16-26)42(53)54/h4,6,8-9,12-13,18-20,22,26,29,32,51H,5,7,10-11,14-17,23-24H2,1-3H3,(H,49,52)(H,53,54)/b13-12+/t26?,29-,32-/m1/s1. The van der Waals surface area contributed by atoms with E-state index in [9.17, 15) is 38.2 Å². The number of carbonyl (C=O) groups is 2. The highest BCUT2D eigenvalue weighted by atomic mass is 19.4. The van der Waals surface area contributed by atoms with Crippen molar-refractivity contribution in [2.45, 2.75) is 70.7 Å². The maximum Gasteiger partial charge on any atom is 0.417 e. The number of hydrogen-bond donors (Lipinski definition) is 3. The lowest BCUT2D eigenvalue weighted by Gasteiger charge is -2.22. The van der Waals surface area contributed by atoms with Gasteiger partial charge in [0.25, 0.3) is 5.91 Å². The Morgan fingerprint density at radius 3 is 2.48 bits per heavy atom. The summed E-state index contributed by atoms with van der Waals surface area (Å²) in [6.45, 7) is 3.69. The third-order valence-corrected chi connectivity index (χ3v) is 11.0. The number of carboxylic acids is 1. The van der Waals surface area contributed by atoms with Crippen LogP contribution in [0.4, 0.5) is 13.2 Å². The van der Waals surface area contributed by atoms with Gasteiger partial charge in [-0.2, -0.15) is 18.4 Å². The first kappa shape index (κ1) is 40.2. The number of ether oxygens (including phenoxy) is 2. The Bertz CT molecular complexity index is 2140. The molecule has 2 fully saturated rings. The number of benzene rings is 2. The number of hydrogen-bond acceptors (Lipinski definition) is 8. The Morgan fingerprint density at radius 2 is 1.82 bits per heavy atom. The quantitative estimate of drug-likeness (QED) is 0.158.